The molecule has 0 spiro atoms. The molecule has 0 saturated carbocycles. The maximum atomic E-state index is 8.93. The van der Waals surface area contributed by atoms with Gasteiger partial charge in [-0.2, -0.15) is 4.98 Å². The van der Waals surface area contributed by atoms with Gasteiger partial charge >= 0.3 is 6.01 Å². The number of aromatic nitrogens is 2. The molecular weight excluding hydrogens is 256 g/mol. The molecule has 0 atom stereocenters. The van der Waals surface area contributed by atoms with E-state index in [4.69, 9.17) is 9.63 Å². The second-order valence-electron chi connectivity index (χ2n) is 4.82. The molecule has 3 rings (SSSR count). The molecular formula is C14H18N4O2. The molecule has 6 nitrogen and oxygen atoms in total. The first kappa shape index (κ1) is 13.1. The third-order valence-corrected chi connectivity index (χ3v) is 3.51. The molecule has 2 aromatic rings. The van der Waals surface area contributed by atoms with Crippen LogP contribution in [0.5, 0.6) is 0 Å². The van der Waals surface area contributed by atoms with Crippen LogP contribution in [0.2, 0.25) is 0 Å². The molecule has 0 aliphatic carbocycles. The third-order valence-electron chi connectivity index (χ3n) is 3.51. The van der Waals surface area contributed by atoms with Gasteiger partial charge in [0, 0.05) is 38.3 Å². The number of benzene rings is 1. The highest BCUT2D eigenvalue weighted by molar-refractivity contribution is 5.55. The molecule has 1 fully saturated rings. The summed E-state index contributed by atoms with van der Waals surface area (Å²) in [6.07, 6.45) is 0. The van der Waals surface area contributed by atoms with Crippen LogP contribution >= 0.6 is 0 Å². The van der Waals surface area contributed by atoms with Crippen molar-refractivity contribution in [2.24, 2.45) is 0 Å². The van der Waals surface area contributed by atoms with E-state index < -0.39 is 0 Å². The molecule has 0 amide bonds. The standard InChI is InChI=1S/C14H18N4O2/c19-11-10-17-6-8-18(9-7-17)14-15-13(16-20-14)12-4-2-1-3-5-12/h1-5,19H,6-11H2. The molecule has 20 heavy (non-hydrogen) atoms. The molecule has 0 radical (unpaired) electrons. The van der Waals surface area contributed by atoms with Crippen molar-refractivity contribution in [3.05, 3.63) is 30.3 Å². The maximum absolute atomic E-state index is 8.93. The van der Waals surface area contributed by atoms with E-state index in [1.165, 1.54) is 0 Å². The summed E-state index contributed by atoms with van der Waals surface area (Å²) in [6.45, 7) is 4.44. The average molecular weight is 274 g/mol. The van der Waals surface area contributed by atoms with E-state index in [1.54, 1.807) is 0 Å². The monoisotopic (exact) mass is 274 g/mol. The highest BCUT2D eigenvalue weighted by Crippen LogP contribution is 2.20. The van der Waals surface area contributed by atoms with Crippen LogP contribution in [0, 0.1) is 0 Å². The summed E-state index contributed by atoms with van der Waals surface area (Å²) in [6, 6.07) is 10.4. The van der Waals surface area contributed by atoms with Crippen LogP contribution in [0.3, 0.4) is 0 Å². The summed E-state index contributed by atoms with van der Waals surface area (Å²) in [5.41, 5.74) is 0.960. The van der Waals surface area contributed by atoms with E-state index in [0.717, 1.165) is 38.3 Å². The Morgan fingerprint density at radius 3 is 2.55 bits per heavy atom. The maximum Gasteiger partial charge on any atom is 0.324 e. The largest absolute Gasteiger partial charge is 0.395 e. The van der Waals surface area contributed by atoms with Gasteiger partial charge in [0.2, 0.25) is 5.82 Å². The first-order valence-electron chi connectivity index (χ1n) is 6.84. The molecule has 6 heteroatoms. The number of aliphatic hydroxyl groups excluding tert-OH is 1. The van der Waals surface area contributed by atoms with Crippen molar-refractivity contribution in [2.75, 3.05) is 44.2 Å². The number of hydrogen-bond acceptors (Lipinski definition) is 6. The number of nitrogens with zero attached hydrogens (tertiary/aromatic N) is 4. The minimum Gasteiger partial charge on any atom is -0.395 e. The number of piperazine rings is 1. The Bertz CT molecular complexity index is 535. The zero-order valence-electron chi connectivity index (χ0n) is 11.3. The van der Waals surface area contributed by atoms with Gasteiger partial charge in [-0.25, -0.2) is 0 Å². The Morgan fingerprint density at radius 2 is 1.85 bits per heavy atom. The highest BCUT2D eigenvalue weighted by Gasteiger charge is 2.21. The Hall–Kier alpha value is -1.92. The molecule has 1 aromatic carbocycles. The Balaban J connectivity index is 1.66. The zero-order valence-corrected chi connectivity index (χ0v) is 11.3. The molecule has 1 aliphatic rings. The van der Waals surface area contributed by atoms with Crippen molar-refractivity contribution in [1.82, 2.24) is 15.0 Å². The van der Waals surface area contributed by atoms with Crippen LogP contribution in [0.25, 0.3) is 11.4 Å². The third kappa shape index (κ3) is 2.81. The Morgan fingerprint density at radius 1 is 1.10 bits per heavy atom. The summed E-state index contributed by atoms with van der Waals surface area (Å²) in [5.74, 6) is 0.624. The topological polar surface area (TPSA) is 65.6 Å². The molecule has 1 aliphatic heterocycles. The lowest BCUT2D eigenvalue weighted by molar-refractivity contribution is 0.186. The van der Waals surface area contributed by atoms with E-state index in [9.17, 15) is 0 Å². The van der Waals surface area contributed by atoms with E-state index in [-0.39, 0.29) is 6.61 Å². The molecule has 1 aromatic heterocycles. The van der Waals surface area contributed by atoms with Crippen LogP contribution in [0.15, 0.2) is 34.9 Å². The van der Waals surface area contributed by atoms with Gasteiger partial charge in [0.05, 0.1) is 6.61 Å². The fourth-order valence-corrected chi connectivity index (χ4v) is 2.35. The summed E-state index contributed by atoms with van der Waals surface area (Å²) in [5, 5.41) is 13.0. The first-order valence-corrected chi connectivity index (χ1v) is 6.84. The molecule has 106 valence electrons. The predicted octanol–water partition coefficient (Wildman–Crippen LogP) is 0.851. The van der Waals surface area contributed by atoms with Gasteiger partial charge in [0.15, 0.2) is 0 Å². The lowest BCUT2D eigenvalue weighted by atomic mass is 10.2. The van der Waals surface area contributed by atoms with Crippen LogP contribution in [0.4, 0.5) is 6.01 Å². The first-order chi connectivity index (χ1) is 9.86. The van der Waals surface area contributed by atoms with E-state index in [2.05, 4.69) is 19.9 Å². The quantitative estimate of drug-likeness (QED) is 0.891. The van der Waals surface area contributed by atoms with Crippen molar-refractivity contribution < 1.29 is 9.63 Å². The molecule has 1 N–H and O–H groups in total. The summed E-state index contributed by atoms with van der Waals surface area (Å²) < 4.78 is 5.35. The van der Waals surface area contributed by atoms with Crippen LogP contribution in [-0.4, -0.2) is 59.5 Å². The van der Waals surface area contributed by atoms with Gasteiger partial charge < -0.3 is 14.5 Å². The number of β-amino-alcohol motifs (C(OH)–C–C–N with tert-alkyl or cyclic N) is 1. The fraction of sp³-hybridized carbons (Fsp3) is 0.429. The average Bonchev–Trinajstić information content (AvgIpc) is 2.99. The van der Waals surface area contributed by atoms with Crippen molar-refractivity contribution in [1.29, 1.82) is 0 Å². The Labute approximate surface area is 117 Å². The lowest BCUT2D eigenvalue weighted by Crippen LogP contribution is -2.47. The number of hydrogen-bond donors (Lipinski definition) is 1. The minimum absolute atomic E-state index is 0.207. The van der Waals surface area contributed by atoms with Gasteiger partial charge in [-0.3, -0.25) is 4.90 Å². The number of anilines is 1. The van der Waals surface area contributed by atoms with Gasteiger partial charge in [0.1, 0.15) is 0 Å². The van der Waals surface area contributed by atoms with Gasteiger partial charge in [-0.05, 0) is 0 Å². The van der Waals surface area contributed by atoms with Crippen LogP contribution in [-0.2, 0) is 0 Å². The summed E-state index contributed by atoms with van der Waals surface area (Å²) >= 11 is 0. The van der Waals surface area contributed by atoms with Crippen molar-refractivity contribution in [3.8, 4) is 11.4 Å². The van der Waals surface area contributed by atoms with E-state index >= 15 is 0 Å². The van der Waals surface area contributed by atoms with Crippen LogP contribution < -0.4 is 4.90 Å². The molecule has 0 unspecified atom stereocenters. The fourth-order valence-electron chi connectivity index (χ4n) is 2.35. The van der Waals surface area contributed by atoms with Crippen molar-refractivity contribution in [2.45, 2.75) is 0 Å². The smallest absolute Gasteiger partial charge is 0.324 e. The molecule has 2 heterocycles. The van der Waals surface area contributed by atoms with Gasteiger partial charge in [-0.1, -0.05) is 35.5 Å². The van der Waals surface area contributed by atoms with Crippen molar-refractivity contribution in [3.63, 3.8) is 0 Å². The second kappa shape index (κ2) is 6.02. The summed E-state index contributed by atoms with van der Waals surface area (Å²) in [4.78, 5) is 8.77. The van der Waals surface area contributed by atoms with Gasteiger partial charge in [-0.15, -0.1) is 0 Å². The lowest BCUT2D eigenvalue weighted by Gasteiger charge is -2.32. The molecule has 0 bridgehead atoms. The van der Waals surface area contributed by atoms with E-state index in [0.29, 0.717) is 11.8 Å². The molecule has 1 saturated heterocycles. The SMILES string of the molecule is OCCN1CCN(c2nc(-c3ccccc3)no2)CC1. The van der Waals surface area contributed by atoms with E-state index in [1.807, 2.05) is 30.3 Å². The Kier molecular flexibility index (Phi) is 3.94. The minimum atomic E-state index is 0.207. The van der Waals surface area contributed by atoms with Crippen LogP contribution in [0.1, 0.15) is 0 Å². The second-order valence-corrected chi connectivity index (χ2v) is 4.82. The van der Waals surface area contributed by atoms with Crippen molar-refractivity contribution >= 4 is 6.01 Å². The summed E-state index contributed by atoms with van der Waals surface area (Å²) in [7, 11) is 0. The number of rotatable bonds is 4. The normalized spacial score (nSPS) is 16.6. The van der Waals surface area contributed by atoms with Gasteiger partial charge in [0.25, 0.3) is 0 Å². The predicted molar refractivity (Wildman–Crippen MR) is 75.5 cm³/mol. The highest BCUT2D eigenvalue weighted by atomic mass is 16.5. The number of aliphatic hydroxyl groups is 1. The zero-order chi connectivity index (χ0) is 13.8.